The molecule has 0 saturated carbocycles. The van der Waals surface area contributed by atoms with Gasteiger partial charge < -0.3 is 9.97 Å². The van der Waals surface area contributed by atoms with Crippen molar-refractivity contribution in [3.63, 3.8) is 0 Å². The van der Waals surface area contributed by atoms with E-state index < -0.39 is 0 Å². The lowest BCUT2D eigenvalue weighted by atomic mass is 10.0. The highest BCUT2D eigenvalue weighted by Gasteiger charge is 2.15. The largest absolute Gasteiger partial charge is 0.354 e. The Balaban J connectivity index is 1.56. The van der Waals surface area contributed by atoms with Crippen LogP contribution in [0.3, 0.4) is 0 Å². The highest BCUT2D eigenvalue weighted by atomic mass is 79.9. The Kier molecular flexibility index (Phi) is 6.36. The van der Waals surface area contributed by atoms with Crippen molar-refractivity contribution in [2.24, 2.45) is 9.98 Å². The predicted octanol–water partition coefficient (Wildman–Crippen LogP) is 6.29. The molecule has 0 aliphatic carbocycles. The minimum atomic E-state index is 0.689. The van der Waals surface area contributed by atoms with Gasteiger partial charge in [0.25, 0.3) is 0 Å². The van der Waals surface area contributed by atoms with Gasteiger partial charge in [-0.25, -0.2) is 9.98 Å². The van der Waals surface area contributed by atoms with Gasteiger partial charge in [-0.15, -0.1) is 0 Å². The smallest absolute Gasteiger partial charge is 0.153 e. The van der Waals surface area contributed by atoms with Crippen molar-refractivity contribution in [3.05, 3.63) is 160 Å². The van der Waals surface area contributed by atoms with Crippen molar-refractivity contribution in [1.29, 1.82) is 0 Å². The summed E-state index contributed by atoms with van der Waals surface area (Å²) < 4.78 is 0.940. The molecule has 0 amide bonds. The number of aliphatic imine (C=N–C) groups is 2. The van der Waals surface area contributed by atoms with E-state index in [1.807, 2.05) is 60.7 Å². The Bertz CT molecular complexity index is 1760. The third-order valence-electron chi connectivity index (χ3n) is 6.15. The molecule has 3 heterocycles. The number of para-hydroxylation sites is 1. The second-order valence-electron chi connectivity index (χ2n) is 8.62. The number of allylic oxidation sites excluding steroid dienone is 1. The highest BCUT2D eigenvalue weighted by Crippen LogP contribution is 2.22. The van der Waals surface area contributed by atoms with Gasteiger partial charge in [-0.3, -0.25) is 0 Å². The second kappa shape index (κ2) is 10.2. The van der Waals surface area contributed by atoms with E-state index in [1.165, 1.54) is 0 Å². The minimum absolute atomic E-state index is 0.689. The van der Waals surface area contributed by atoms with Crippen LogP contribution in [0.1, 0.15) is 16.8 Å². The van der Waals surface area contributed by atoms with E-state index >= 15 is 0 Å². The molecule has 178 valence electrons. The van der Waals surface area contributed by atoms with Crippen LogP contribution in [0.15, 0.2) is 142 Å². The van der Waals surface area contributed by atoms with Crippen molar-refractivity contribution in [3.8, 4) is 0 Å². The zero-order valence-corrected chi connectivity index (χ0v) is 21.5. The molecule has 0 unspecified atom stereocenters. The summed E-state index contributed by atoms with van der Waals surface area (Å²) in [6.45, 7) is 0. The maximum Gasteiger partial charge on any atom is 0.153 e. The average molecular weight is 543 g/mol. The van der Waals surface area contributed by atoms with Crippen molar-refractivity contribution in [2.75, 3.05) is 0 Å². The molecular weight excluding hydrogens is 520 g/mol. The van der Waals surface area contributed by atoms with Crippen LogP contribution in [0.25, 0.3) is 11.1 Å². The molecule has 1 aliphatic rings. The number of aromatic amines is 2. The summed E-state index contributed by atoms with van der Waals surface area (Å²) in [5.41, 5.74) is 7.13. The first-order chi connectivity index (χ1) is 18.2. The highest BCUT2D eigenvalue weighted by molar-refractivity contribution is 9.10. The zero-order valence-electron chi connectivity index (χ0n) is 19.9. The van der Waals surface area contributed by atoms with Gasteiger partial charge in [0.15, 0.2) is 5.84 Å². The molecule has 4 nitrogen and oxygen atoms in total. The maximum atomic E-state index is 4.89. The molecule has 37 heavy (non-hydrogen) atoms. The van der Waals surface area contributed by atoms with Gasteiger partial charge in [0.05, 0.1) is 16.0 Å². The summed E-state index contributed by atoms with van der Waals surface area (Å²) in [7, 11) is 0. The fourth-order valence-corrected chi connectivity index (χ4v) is 4.84. The summed E-state index contributed by atoms with van der Waals surface area (Å²) in [6, 6.07) is 39.0. The summed E-state index contributed by atoms with van der Waals surface area (Å²) >= 11 is 3.56. The summed E-state index contributed by atoms with van der Waals surface area (Å²) in [5, 5.41) is 2.01. The summed E-state index contributed by atoms with van der Waals surface area (Å²) in [6.07, 6.45) is 4.00. The molecule has 0 saturated heterocycles. The van der Waals surface area contributed by atoms with Crippen LogP contribution in [0, 0.1) is 0 Å². The summed E-state index contributed by atoms with van der Waals surface area (Å²) in [5.74, 6) is 0.689. The molecule has 6 rings (SSSR count). The first kappa shape index (κ1) is 23.0. The quantitative estimate of drug-likeness (QED) is 0.262. The van der Waals surface area contributed by atoms with Crippen LogP contribution < -0.4 is 10.7 Å². The Labute approximate surface area is 223 Å². The molecule has 0 atom stereocenters. The summed E-state index contributed by atoms with van der Waals surface area (Å²) in [4.78, 5) is 16.7. The lowest BCUT2D eigenvalue weighted by molar-refractivity contribution is 1.22. The van der Waals surface area contributed by atoms with Crippen molar-refractivity contribution < 1.29 is 0 Å². The number of rotatable bonds is 5. The van der Waals surface area contributed by atoms with Gasteiger partial charge in [0, 0.05) is 27.5 Å². The van der Waals surface area contributed by atoms with Crippen LogP contribution >= 0.6 is 15.9 Å². The fraction of sp³-hybridized carbons (Fsp3) is 0. The first-order valence-electron chi connectivity index (χ1n) is 12.0. The molecule has 5 aromatic rings. The maximum absolute atomic E-state index is 4.89. The monoisotopic (exact) mass is 542 g/mol. The Morgan fingerprint density at radius 2 is 1.19 bits per heavy atom. The Morgan fingerprint density at radius 1 is 0.595 bits per heavy atom. The number of hydrogen-bond donors (Lipinski definition) is 2. The number of benzene rings is 3. The second-order valence-corrected chi connectivity index (χ2v) is 9.48. The van der Waals surface area contributed by atoms with E-state index in [2.05, 4.69) is 92.6 Å². The van der Waals surface area contributed by atoms with Crippen LogP contribution in [0.5, 0.6) is 0 Å². The van der Waals surface area contributed by atoms with E-state index in [1.54, 1.807) is 0 Å². The molecule has 0 bridgehead atoms. The van der Waals surface area contributed by atoms with Crippen molar-refractivity contribution in [2.45, 2.75) is 0 Å². The molecule has 5 heteroatoms. The molecule has 0 spiro atoms. The van der Waals surface area contributed by atoms with Crippen molar-refractivity contribution in [1.82, 2.24) is 9.97 Å². The molecule has 0 fully saturated rings. The minimum Gasteiger partial charge on any atom is -0.354 e. The number of aromatic nitrogens is 2. The van der Waals surface area contributed by atoms with Gasteiger partial charge in [-0.05, 0) is 75.6 Å². The lowest BCUT2D eigenvalue weighted by Gasteiger charge is -2.07. The van der Waals surface area contributed by atoms with Crippen LogP contribution in [-0.4, -0.2) is 21.5 Å². The SMILES string of the molecule is Brc1ccc(/C(c2ccccc2)=c2/cc/c(=C(\C3=NC(=Nc4ccccc4)C=C3)c3ccccc3)[nH]2)[nH]1. The van der Waals surface area contributed by atoms with Gasteiger partial charge in [0.1, 0.15) is 0 Å². The first-order valence-corrected chi connectivity index (χ1v) is 12.8. The van der Waals surface area contributed by atoms with E-state index in [0.717, 1.165) is 54.7 Å². The molecule has 2 aromatic heterocycles. The van der Waals surface area contributed by atoms with Gasteiger partial charge in [-0.1, -0.05) is 78.9 Å². The predicted molar refractivity (Wildman–Crippen MR) is 156 cm³/mol. The fourth-order valence-electron chi connectivity index (χ4n) is 4.50. The van der Waals surface area contributed by atoms with Crippen molar-refractivity contribution >= 4 is 44.3 Å². The topological polar surface area (TPSA) is 56.3 Å². The van der Waals surface area contributed by atoms with E-state index in [0.29, 0.717) is 5.84 Å². The van der Waals surface area contributed by atoms with E-state index in [4.69, 9.17) is 9.98 Å². The van der Waals surface area contributed by atoms with Crippen LogP contribution in [-0.2, 0) is 0 Å². The molecule has 1 aliphatic heterocycles. The number of nitrogens with zero attached hydrogens (tertiary/aromatic N) is 2. The number of amidine groups is 1. The average Bonchev–Trinajstić information content (AvgIpc) is 3.70. The number of H-pyrrole nitrogens is 2. The van der Waals surface area contributed by atoms with Crippen LogP contribution in [0.2, 0.25) is 0 Å². The van der Waals surface area contributed by atoms with E-state index in [9.17, 15) is 0 Å². The van der Waals surface area contributed by atoms with Gasteiger partial charge in [0.2, 0.25) is 0 Å². The van der Waals surface area contributed by atoms with E-state index in [-0.39, 0.29) is 0 Å². The Hall–Kier alpha value is -4.48. The number of nitrogens with one attached hydrogen (secondary N) is 2. The van der Waals surface area contributed by atoms with Gasteiger partial charge >= 0.3 is 0 Å². The normalized spacial score (nSPS) is 15.6. The molecular formula is C32H23BrN4. The standard InChI is InChI=1S/C32H23BrN4/c33-29-20-18-27(36-29)31(22-10-4-1-5-11-22)25-16-17-26(35-25)32(23-12-6-2-7-13-23)28-19-21-30(37-28)34-24-14-8-3-9-15-24/h1-21,35-36H/b31-25-,32-26+,34-30?. The third-order valence-corrected chi connectivity index (χ3v) is 6.61. The number of halogens is 1. The zero-order chi connectivity index (χ0) is 25.0. The Morgan fingerprint density at radius 3 is 1.81 bits per heavy atom. The number of hydrogen-bond acceptors (Lipinski definition) is 1. The molecule has 0 radical (unpaired) electrons. The molecule has 2 N–H and O–H groups in total. The molecule has 3 aromatic carbocycles. The van der Waals surface area contributed by atoms with Gasteiger partial charge in [-0.2, -0.15) is 0 Å². The van der Waals surface area contributed by atoms with Crippen LogP contribution in [0.4, 0.5) is 5.69 Å². The lowest BCUT2D eigenvalue weighted by Crippen LogP contribution is -2.19. The third kappa shape index (κ3) is 4.95.